The summed E-state index contributed by atoms with van der Waals surface area (Å²) in [5, 5.41) is 3.29. The van der Waals surface area contributed by atoms with Crippen LogP contribution in [-0.2, 0) is 4.74 Å². The molecular weight excluding hydrogens is 198 g/mol. The molecule has 2 nitrogen and oxygen atoms in total. The zero-order valence-corrected chi connectivity index (χ0v) is 10.6. The minimum absolute atomic E-state index is 0.292. The number of benzene rings is 1. The summed E-state index contributed by atoms with van der Waals surface area (Å²) in [6.07, 6.45) is 2.66. The molecule has 2 unspecified atom stereocenters. The Kier molecular flexibility index (Phi) is 6.12. The molecule has 90 valence electrons. The molecule has 16 heavy (non-hydrogen) atoms. The largest absolute Gasteiger partial charge is 0.377 e. The van der Waals surface area contributed by atoms with E-state index in [9.17, 15) is 0 Å². The summed E-state index contributed by atoms with van der Waals surface area (Å²) in [6.45, 7) is 5.06. The molecule has 1 rings (SSSR count). The fourth-order valence-electron chi connectivity index (χ4n) is 1.78. The van der Waals surface area contributed by atoms with Crippen LogP contribution in [0.15, 0.2) is 30.3 Å². The highest BCUT2D eigenvalue weighted by Gasteiger charge is 2.10. The van der Waals surface area contributed by atoms with Gasteiger partial charge in [-0.3, -0.25) is 0 Å². The van der Waals surface area contributed by atoms with Crippen LogP contribution in [0.1, 0.15) is 38.3 Å². The smallest absolute Gasteiger partial charge is 0.0665 e. The van der Waals surface area contributed by atoms with Crippen molar-refractivity contribution in [3.8, 4) is 0 Å². The van der Waals surface area contributed by atoms with Crippen molar-refractivity contribution in [2.75, 3.05) is 13.7 Å². The van der Waals surface area contributed by atoms with Crippen LogP contribution in [0.4, 0.5) is 0 Å². The van der Waals surface area contributed by atoms with E-state index >= 15 is 0 Å². The number of rotatable bonds is 7. The number of likely N-dealkylation sites (N-methyl/N-ethyl adjacent to an activating group) is 1. The van der Waals surface area contributed by atoms with E-state index in [0.717, 1.165) is 13.0 Å². The van der Waals surface area contributed by atoms with Crippen molar-refractivity contribution >= 4 is 0 Å². The molecule has 0 heterocycles. The summed E-state index contributed by atoms with van der Waals surface area (Å²) in [6, 6.07) is 10.7. The van der Waals surface area contributed by atoms with Crippen molar-refractivity contribution in [2.24, 2.45) is 0 Å². The number of ether oxygens (including phenoxy) is 1. The maximum absolute atomic E-state index is 5.83. The van der Waals surface area contributed by atoms with E-state index in [0.29, 0.717) is 12.1 Å². The van der Waals surface area contributed by atoms with Crippen LogP contribution in [0.5, 0.6) is 0 Å². The van der Waals surface area contributed by atoms with Gasteiger partial charge in [0.15, 0.2) is 0 Å². The zero-order valence-electron chi connectivity index (χ0n) is 10.6. The second-order valence-corrected chi connectivity index (χ2v) is 4.18. The first-order valence-electron chi connectivity index (χ1n) is 6.11. The van der Waals surface area contributed by atoms with Crippen molar-refractivity contribution in [3.05, 3.63) is 35.9 Å². The summed E-state index contributed by atoms with van der Waals surface area (Å²) >= 11 is 0. The quantitative estimate of drug-likeness (QED) is 0.763. The molecule has 0 aromatic heterocycles. The highest BCUT2D eigenvalue weighted by atomic mass is 16.5. The minimum Gasteiger partial charge on any atom is -0.377 e. The van der Waals surface area contributed by atoms with Gasteiger partial charge in [0, 0.05) is 0 Å². The SMILES string of the molecule is CCCC(C)OCC(NC)c1ccccc1. The van der Waals surface area contributed by atoms with E-state index in [2.05, 4.69) is 43.4 Å². The first-order valence-corrected chi connectivity index (χ1v) is 6.11. The number of hydrogen-bond donors (Lipinski definition) is 1. The highest BCUT2D eigenvalue weighted by Crippen LogP contribution is 2.13. The molecule has 1 aromatic rings. The Morgan fingerprint density at radius 1 is 1.25 bits per heavy atom. The molecule has 1 aromatic carbocycles. The van der Waals surface area contributed by atoms with Crippen LogP contribution < -0.4 is 5.32 Å². The first-order chi connectivity index (χ1) is 7.77. The third-order valence-corrected chi connectivity index (χ3v) is 2.79. The molecule has 0 fully saturated rings. The summed E-state index contributed by atoms with van der Waals surface area (Å²) in [5.74, 6) is 0. The van der Waals surface area contributed by atoms with Crippen LogP contribution in [0, 0.1) is 0 Å². The molecule has 2 atom stereocenters. The van der Waals surface area contributed by atoms with E-state index in [1.54, 1.807) is 0 Å². The number of nitrogens with one attached hydrogen (secondary N) is 1. The first kappa shape index (κ1) is 13.2. The molecule has 0 aliphatic rings. The summed E-state index contributed by atoms with van der Waals surface area (Å²) in [5.41, 5.74) is 1.29. The molecule has 0 amide bonds. The molecule has 0 bridgehead atoms. The second-order valence-electron chi connectivity index (χ2n) is 4.18. The number of hydrogen-bond acceptors (Lipinski definition) is 2. The van der Waals surface area contributed by atoms with Gasteiger partial charge in [0.2, 0.25) is 0 Å². The molecule has 0 aliphatic heterocycles. The van der Waals surface area contributed by atoms with Gasteiger partial charge in [-0.15, -0.1) is 0 Å². The summed E-state index contributed by atoms with van der Waals surface area (Å²) in [7, 11) is 1.98. The average molecular weight is 221 g/mol. The molecule has 0 saturated heterocycles. The van der Waals surface area contributed by atoms with Gasteiger partial charge < -0.3 is 10.1 Å². The standard InChI is InChI=1S/C14H23NO/c1-4-8-12(2)16-11-14(15-3)13-9-6-5-7-10-13/h5-7,9-10,12,14-15H,4,8,11H2,1-3H3. The van der Waals surface area contributed by atoms with Crippen LogP contribution >= 0.6 is 0 Å². The fraction of sp³-hybridized carbons (Fsp3) is 0.571. The molecule has 0 radical (unpaired) electrons. The van der Waals surface area contributed by atoms with Crippen LogP contribution in [0.25, 0.3) is 0 Å². The van der Waals surface area contributed by atoms with Crippen molar-refractivity contribution in [1.82, 2.24) is 5.32 Å². The van der Waals surface area contributed by atoms with Crippen molar-refractivity contribution in [1.29, 1.82) is 0 Å². The third-order valence-electron chi connectivity index (χ3n) is 2.79. The Morgan fingerprint density at radius 2 is 1.94 bits per heavy atom. The van der Waals surface area contributed by atoms with Crippen molar-refractivity contribution < 1.29 is 4.74 Å². The lowest BCUT2D eigenvalue weighted by Crippen LogP contribution is -2.24. The topological polar surface area (TPSA) is 21.3 Å². The third kappa shape index (κ3) is 4.33. The Balaban J connectivity index is 2.44. The molecule has 0 aliphatic carbocycles. The van der Waals surface area contributed by atoms with Gasteiger partial charge in [-0.05, 0) is 26.0 Å². The van der Waals surface area contributed by atoms with Crippen LogP contribution in [0.3, 0.4) is 0 Å². The summed E-state index contributed by atoms with van der Waals surface area (Å²) < 4.78 is 5.83. The summed E-state index contributed by atoms with van der Waals surface area (Å²) in [4.78, 5) is 0. The Morgan fingerprint density at radius 3 is 2.50 bits per heavy atom. The second kappa shape index (κ2) is 7.42. The molecule has 1 N–H and O–H groups in total. The van der Waals surface area contributed by atoms with E-state index in [1.807, 2.05) is 13.1 Å². The fourth-order valence-corrected chi connectivity index (χ4v) is 1.78. The zero-order chi connectivity index (χ0) is 11.8. The van der Waals surface area contributed by atoms with Crippen molar-refractivity contribution in [3.63, 3.8) is 0 Å². The van der Waals surface area contributed by atoms with Crippen LogP contribution in [-0.4, -0.2) is 19.8 Å². The Hall–Kier alpha value is -0.860. The molecular formula is C14H23NO. The van der Waals surface area contributed by atoms with Crippen LogP contribution in [0.2, 0.25) is 0 Å². The maximum Gasteiger partial charge on any atom is 0.0665 e. The van der Waals surface area contributed by atoms with Gasteiger partial charge in [-0.25, -0.2) is 0 Å². The van der Waals surface area contributed by atoms with E-state index in [4.69, 9.17) is 4.74 Å². The highest BCUT2D eigenvalue weighted by molar-refractivity contribution is 5.18. The van der Waals surface area contributed by atoms with Gasteiger partial charge in [0.05, 0.1) is 18.8 Å². The lowest BCUT2D eigenvalue weighted by molar-refractivity contribution is 0.0453. The van der Waals surface area contributed by atoms with Crippen molar-refractivity contribution in [2.45, 2.75) is 38.8 Å². The molecule has 0 spiro atoms. The lowest BCUT2D eigenvalue weighted by atomic mass is 10.1. The van der Waals surface area contributed by atoms with Gasteiger partial charge >= 0.3 is 0 Å². The lowest BCUT2D eigenvalue weighted by Gasteiger charge is -2.19. The van der Waals surface area contributed by atoms with E-state index in [-0.39, 0.29) is 0 Å². The molecule has 2 heteroatoms. The minimum atomic E-state index is 0.292. The molecule has 0 saturated carbocycles. The Bertz CT molecular complexity index is 273. The Labute approximate surface area is 99.0 Å². The van der Waals surface area contributed by atoms with Gasteiger partial charge in [0.1, 0.15) is 0 Å². The predicted molar refractivity (Wildman–Crippen MR) is 68.6 cm³/mol. The van der Waals surface area contributed by atoms with Gasteiger partial charge in [-0.1, -0.05) is 43.7 Å². The maximum atomic E-state index is 5.83. The predicted octanol–water partition coefficient (Wildman–Crippen LogP) is 3.15. The normalized spacial score (nSPS) is 14.7. The average Bonchev–Trinajstić information content (AvgIpc) is 2.31. The monoisotopic (exact) mass is 221 g/mol. The van der Waals surface area contributed by atoms with Gasteiger partial charge in [-0.2, -0.15) is 0 Å². The van der Waals surface area contributed by atoms with E-state index in [1.165, 1.54) is 12.0 Å². The van der Waals surface area contributed by atoms with Gasteiger partial charge in [0.25, 0.3) is 0 Å². The van der Waals surface area contributed by atoms with E-state index < -0.39 is 0 Å².